The summed E-state index contributed by atoms with van der Waals surface area (Å²) in [6.07, 6.45) is 1.71. The van der Waals surface area contributed by atoms with Crippen molar-refractivity contribution >= 4 is 53.4 Å². The molecule has 3 aromatic heterocycles. The van der Waals surface area contributed by atoms with Crippen LogP contribution < -0.4 is 0 Å². The number of aromatic nitrogens is 3. The highest BCUT2D eigenvalue weighted by Crippen LogP contribution is 2.52. The Bertz CT molecular complexity index is 3940. The summed E-state index contributed by atoms with van der Waals surface area (Å²) in [6.45, 7) is 9.46. The lowest BCUT2D eigenvalue weighted by atomic mass is 9.81. The summed E-state index contributed by atoms with van der Waals surface area (Å²) >= 11 is 1.76. The fourth-order valence-electron chi connectivity index (χ4n) is 11.8. The van der Waals surface area contributed by atoms with Gasteiger partial charge >= 0.3 is 0 Å². The number of hydrogen-bond donors (Lipinski definition) is 0. The largest absolute Gasteiger partial charge is 0.309 e. The van der Waals surface area contributed by atoms with Gasteiger partial charge in [-0.25, -0.2) is 9.97 Å². The molecule has 9 aromatic carbocycles. The topological polar surface area (TPSA) is 30.7 Å². The highest BCUT2D eigenvalue weighted by Gasteiger charge is 2.36. The molecule has 0 spiro atoms. The van der Waals surface area contributed by atoms with Gasteiger partial charge in [0.05, 0.1) is 26.9 Å². The third-order valence-corrected chi connectivity index (χ3v) is 16.5. The maximum atomic E-state index is 4.85. The fraction of sp³-hybridized carbons (Fsp3) is 0.0938. The van der Waals surface area contributed by atoms with Crippen LogP contribution in [0.5, 0.6) is 0 Å². The molecule has 0 saturated heterocycles. The predicted octanol–water partition coefficient (Wildman–Crippen LogP) is 17.2. The number of fused-ring (bicyclic) bond motifs is 12. The van der Waals surface area contributed by atoms with Crippen LogP contribution in [0.3, 0.4) is 0 Å². The zero-order chi connectivity index (χ0) is 45.5. The fourth-order valence-corrected chi connectivity index (χ4v) is 13.0. The number of nitrogens with zero attached hydrogens (tertiary/aromatic N) is 3. The van der Waals surface area contributed by atoms with Crippen LogP contribution in [0.15, 0.2) is 200 Å². The number of benzene rings is 9. The minimum absolute atomic E-state index is 0.0764. The first-order valence-electron chi connectivity index (χ1n) is 23.6. The third-order valence-electron chi connectivity index (χ3n) is 15.3. The molecular weight excluding hydrogens is 843 g/mol. The maximum Gasteiger partial charge on any atom is 0.116 e. The van der Waals surface area contributed by atoms with Crippen molar-refractivity contribution in [3.8, 4) is 72.6 Å². The molecule has 3 nitrogen and oxygen atoms in total. The Hall–Kier alpha value is -7.92. The van der Waals surface area contributed by atoms with Crippen LogP contribution >= 0.6 is 11.3 Å². The van der Waals surface area contributed by atoms with Crippen LogP contribution in [0, 0.1) is 0 Å². The first kappa shape index (κ1) is 39.3. The summed E-state index contributed by atoms with van der Waals surface area (Å²) in [5.41, 5.74) is 24.5. The minimum Gasteiger partial charge on any atom is -0.309 e. The van der Waals surface area contributed by atoms with Crippen LogP contribution in [0.2, 0.25) is 0 Å². The second-order valence-corrected chi connectivity index (χ2v) is 20.8. The Morgan fingerprint density at radius 1 is 0.382 bits per heavy atom. The number of thiophene rings is 1. The highest BCUT2D eigenvalue weighted by molar-refractivity contribution is 7.26. The Morgan fingerprint density at radius 3 is 1.53 bits per heavy atom. The van der Waals surface area contributed by atoms with Crippen LogP contribution in [0.4, 0.5) is 0 Å². The monoisotopic (exact) mass is 887 g/mol. The first-order chi connectivity index (χ1) is 33.2. The molecule has 0 atom stereocenters. The summed E-state index contributed by atoms with van der Waals surface area (Å²) in [7, 11) is 0. The van der Waals surface area contributed by atoms with Gasteiger partial charge in [-0.1, -0.05) is 161 Å². The van der Waals surface area contributed by atoms with E-state index in [9.17, 15) is 0 Å². The molecule has 4 heteroatoms. The molecule has 0 fully saturated rings. The van der Waals surface area contributed by atoms with E-state index in [1.54, 1.807) is 17.7 Å². The highest BCUT2D eigenvalue weighted by atomic mass is 32.1. The van der Waals surface area contributed by atoms with Crippen molar-refractivity contribution in [3.63, 3.8) is 0 Å². The normalized spacial score (nSPS) is 14.1. The quantitative estimate of drug-likeness (QED) is 0.172. The molecular formula is C64H45N3S. The lowest BCUT2D eigenvalue weighted by Gasteiger charge is -2.22. The molecule has 2 aliphatic carbocycles. The third kappa shape index (κ3) is 5.65. The van der Waals surface area contributed by atoms with E-state index < -0.39 is 0 Å². The van der Waals surface area contributed by atoms with Gasteiger partial charge < -0.3 is 4.57 Å². The molecule has 2 aliphatic rings. The van der Waals surface area contributed by atoms with Crippen molar-refractivity contribution in [2.75, 3.05) is 0 Å². The molecule has 0 unspecified atom stereocenters. The lowest BCUT2D eigenvalue weighted by molar-refractivity contribution is 0.660. The summed E-state index contributed by atoms with van der Waals surface area (Å²) in [5, 5.41) is 3.65. The van der Waals surface area contributed by atoms with Crippen molar-refractivity contribution < 1.29 is 0 Å². The van der Waals surface area contributed by atoms with E-state index in [0.717, 1.165) is 38.3 Å². The average Bonchev–Trinajstić information content (AvgIpc) is 4.06. The van der Waals surface area contributed by atoms with Gasteiger partial charge in [-0.3, -0.25) is 0 Å². The van der Waals surface area contributed by atoms with E-state index in [-0.39, 0.29) is 10.8 Å². The van der Waals surface area contributed by atoms with E-state index in [1.165, 1.54) is 98.7 Å². The smallest absolute Gasteiger partial charge is 0.116 e. The molecule has 322 valence electrons. The molecule has 0 saturated carbocycles. The van der Waals surface area contributed by atoms with Crippen LogP contribution in [-0.2, 0) is 10.8 Å². The Balaban J connectivity index is 0.921. The van der Waals surface area contributed by atoms with Gasteiger partial charge in [0, 0.05) is 42.9 Å². The molecule has 68 heavy (non-hydrogen) atoms. The van der Waals surface area contributed by atoms with Gasteiger partial charge in [-0.15, -0.1) is 11.3 Å². The summed E-state index contributed by atoms with van der Waals surface area (Å²) < 4.78 is 4.80. The van der Waals surface area contributed by atoms with E-state index in [1.807, 2.05) is 0 Å². The number of rotatable bonds is 5. The lowest BCUT2D eigenvalue weighted by Crippen LogP contribution is -2.14. The second kappa shape index (κ2) is 14.3. The van der Waals surface area contributed by atoms with Gasteiger partial charge in [-0.2, -0.15) is 0 Å². The molecule has 0 N–H and O–H groups in total. The van der Waals surface area contributed by atoms with Gasteiger partial charge in [0.15, 0.2) is 0 Å². The van der Waals surface area contributed by atoms with Gasteiger partial charge in [-0.05, 0) is 139 Å². The molecule has 0 amide bonds. The SMILES string of the molecule is CC1(C)c2ccccc2-c2ccc(-c3ccc4c(c3)c3cc(-c5ccc6c(c5)C(C)(C)c5ccccc5-6)ccc3n4-c3cccc(-c4cccc(-c5ncnc6c5sc5ccccc56)c4)c3)cc21. The van der Waals surface area contributed by atoms with Crippen molar-refractivity contribution in [2.24, 2.45) is 0 Å². The Kier molecular flexibility index (Phi) is 8.25. The summed E-state index contributed by atoms with van der Waals surface area (Å²) in [6, 6.07) is 72.5. The Labute approximate surface area is 399 Å². The zero-order valence-corrected chi connectivity index (χ0v) is 39.1. The Morgan fingerprint density at radius 2 is 0.882 bits per heavy atom. The maximum absolute atomic E-state index is 4.85. The van der Waals surface area contributed by atoms with Crippen molar-refractivity contribution in [2.45, 2.75) is 38.5 Å². The second-order valence-electron chi connectivity index (χ2n) is 19.8. The first-order valence-corrected chi connectivity index (χ1v) is 24.4. The molecule has 3 heterocycles. The van der Waals surface area contributed by atoms with Gasteiger partial charge in [0.1, 0.15) is 6.33 Å². The van der Waals surface area contributed by atoms with E-state index >= 15 is 0 Å². The van der Waals surface area contributed by atoms with E-state index in [4.69, 9.17) is 9.97 Å². The van der Waals surface area contributed by atoms with Gasteiger partial charge in [0.25, 0.3) is 0 Å². The molecule has 14 rings (SSSR count). The molecule has 0 aliphatic heterocycles. The van der Waals surface area contributed by atoms with E-state index in [2.05, 4.69) is 226 Å². The van der Waals surface area contributed by atoms with Crippen LogP contribution in [0.25, 0.3) is 115 Å². The van der Waals surface area contributed by atoms with Gasteiger partial charge in [0.2, 0.25) is 0 Å². The predicted molar refractivity (Wildman–Crippen MR) is 286 cm³/mol. The molecule has 12 aromatic rings. The molecule has 0 bridgehead atoms. The summed E-state index contributed by atoms with van der Waals surface area (Å²) in [4.78, 5) is 9.58. The van der Waals surface area contributed by atoms with Crippen molar-refractivity contribution in [1.29, 1.82) is 0 Å². The minimum atomic E-state index is -0.0764. The average molecular weight is 888 g/mol. The number of hydrogen-bond acceptors (Lipinski definition) is 3. The summed E-state index contributed by atoms with van der Waals surface area (Å²) in [5.74, 6) is 0. The van der Waals surface area contributed by atoms with Crippen LogP contribution in [0.1, 0.15) is 49.9 Å². The van der Waals surface area contributed by atoms with Crippen molar-refractivity contribution in [1.82, 2.24) is 14.5 Å². The zero-order valence-electron chi connectivity index (χ0n) is 38.3. The van der Waals surface area contributed by atoms with Crippen molar-refractivity contribution in [3.05, 3.63) is 223 Å². The molecule has 0 radical (unpaired) electrons. The van der Waals surface area contributed by atoms with Crippen LogP contribution in [-0.4, -0.2) is 14.5 Å². The van der Waals surface area contributed by atoms with E-state index in [0.29, 0.717) is 0 Å². The standard InChI is InChI=1S/C64H45N3S/c1-63(2)53-20-8-5-17-46(53)48-27-23-42(35-55(48)63)40-25-29-57-51(33-40)52-34-41(43-24-28-49-47-18-6-9-21-54(47)64(3,4)56(49)36-43)26-30-58(52)67(57)45-16-12-14-39(32-45)38-13-11-15-44(31-38)60-62-61(66-37-65-60)50-19-7-10-22-59(50)68-62/h5-37H,1-4H3.